The predicted octanol–water partition coefficient (Wildman–Crippen LogP) is 8.57. The molecule has 0 aliphatic carbocycles. The average Bonchev–Trinajstić information content (AvgIpc) is 2.95. The van der Waals surface area contributed by atoms with Gasteiger partial charge < -0.3 is 20.1 Å². The van der Waals surface area contributed by atoms with Gasteiger partial charge in [0.15, 0.2) is 0 Å². The van der Waals surface area contributed by atoms with Gasteiger partial charge in [-0.3, -0.25) is 13.8 Å². The zero-order valence-corrected chi connectivity index (χ0v) is 27.2. The van der Waals surface area contributed by atoms with E-state index in [-0.39, 0.29) is 32.3 Å². The van der Waals surface area contributed by atoms with Crippen molar-refractivity contribution in [1.82, 2.24) is 0 Å². The second-order valence-corrected chi connectivity index (χ2v) is 12.1. The number of unbranched alkanes of at least 4 members (excludes halogenated alkanes) is 14. The molecule has 0 rings (SSSR count). The van der Waals surface area contributed by atoms with Crippen molar-refractivity contribution in [1.29, 1.82) is 0 Å². The highest BCUT2D eigenvalue weighted by molar-refractivity contribution is 7.47. The van der Waals surface area contributed by atoms with E-state index in [1.807, 2.05) is 0 Å². The Hall–Kier alpha value is -1.02. The Kier molecular flexibility index (Phi) is 29.7. The van der Waals surface area contributed by atoms with Gasteiger partial charge in [0.05, 0.1) is 19.8 Å². The molecule has 0 aliphatic heterocycles. The summed E-state index contributed by atoms with van der Waals surface area (Å²) in [5, 5.41) is 0. The van der Waals surface area contributed by atoms with Gasteiger partial charge in [-0.05, 0) is 38.5 Å². The Morgan fingerprint density at radius 2 is 1.32 bits per heavy atom. The lowest BCUT2D eigenvalue weighted by molar-refractivity contribution is -0.154. The van der Waals surface area contributed by atoms with Crippen molar-refractivity contribution in [3.05, 3.63) is 24.3 Å². The summed E-state index contributed by atoms with van der Waals surface area (Å²) >= 11 is 0. The summed E-state index contributed by atoms with van der Waals surface area (Å²) < 4.78 is 33.0. The number of carbonyl (C=O) groups excluding carboxylic acids is 1. The second-order valence-electron chi connectivity index (χ2n) is 10.7. The first-order valence-electron chi connectivity index (χ1n) is 16.3. The molecule has 0 aromatic rings. The Morgan fingerprint density at radius 3 is 1.98 bits per heavy atom. The maximum Gasteiger partial charge on any atom is 0.472 e. The molecule has 0 aliphatic rings. The van der Waals surface area contributed by atoms with Crippen LogP contribution in [0.1, 0.15) is 136 Å². The normalized spacial score (nSPS) is 14.1. The maximum absolute atomic E-state index is 12.3. The van der Waals surface area contributed by atoms with Gasteiger partial charge >= 0.3 is 13.8 Å². The number of carbonyl (C=O) groups is 1. The van der Waals surface area contributed by atoms with Crippen molar-refractivity contribution < 1.29 is 32.8 Å². The van der Waals surface area contributed by atoms with Gasteiger partial charge in [0, 0.05) is 19.6 Å². The zero-order valence-electron chi connectivity index (χ0n) is 26.3. The molecule has 0 fully saturated rings. The van der Waals surface area contributed by atoms with E-state index in [4.69, 9.17) is 24.3 Å². The summed E-state index contributed by atoms with van der Waals surface area (Å²) in [5.41, 5.74) is 5.32. The third-order valence-corrected chi connectivity index (χ3v) is 7.61. The topological polar surface area (TPSA) is 117 Å². The summed E-state index contributed by atoms with van der Waals surface area (Å²) in [4.78, 5) is 22.1. The molecule has 0 saturated heterocycles. The molecule has 41 heavy (non-hydrogen) atoms. The van der Waals surface area contributed by atoms with Crippen molar-refractivity contribution in [2.45, 2.75) is 142 Å². The van der Waals surface area contributed by atoms with E-state index in [0.717, 1.165) is 44.9 Å². The lowest BCUT2D eigenvalue weighted by atomic mass is 10.1. The molecule has 8 nitrogen and oxygen atoms in total. The minimum absolute atomic E-state index is 0.0967. The van der Waals surface area contributed by atoms with Crippen LogP contribution < -0.4 is 5.73 Å². The molecule has 0 aromatic heterocycles. The van der Waals surface area contributed by atoms with Gasteiger partial charge in [0.25, 0.3) is 0 Å². The number of hydrogen-bond acceptors (Lipinski definition) is 7. The van der Waals surface area contributed by atoms with E-state index in [1.54, 1.807) is 0 Å². The number of phosphoric acid groups is 1. The van der Waals surface area contributed by atoms with E-state index in [9.17, 15) is 14.3 Å². The molecular weight excluding hydrogens is 541 g/mol. The van der Waals surface area contributed by atoms with Crippen LogP contribution in [0.15, 0.2) is 24.3 Å². The molecule has 2 unspecified atom stereocenters. The van der Waals surface area contributed by atoms with Crippen LogP contribution in [0, 0.1) is 0 Å². The van der Waals surface area contributed by atoms with Gasteiger partial charge in [0.1, 0.15) is 6.10 Å². The molecule has 2 atom stereocenters. The van der Waals surface area contributed by atoms with Crippen LogP contribution in [0.3, 0.4) is 0 Å². The van der Waals surface area contributed by atoms with E-state index in [1.165, 1.54) is 70.6 Å². The molecular formula is C32H62NO7P. The maximum atomic E-state index is 12.3. The summed E-state index contributed by atoms with van der Waals surface area (Å²) in [6.07, 6.45) is 29.1. The Morgan fingerprint density at radius 1 is 0.732 bits per heavy atom. The third-order valence-electron chi connectivity index (χ3n) is 6.62. The van der Waals surface area contributed by atoms with E-state index in [0.29, 0.717) is 13.0 Å². The molecule has 3 N–H and O–H groups in total. The fraction of sp³-hybridized carbons (Fsp3) is 0.844. The van der Waals surface area contributed by atoms with Crippen LogP contribution in [0.2, 0.25) is 0 Å². The fourth-order valence-electron chi connectivity index (χ4n) is 4.19. The van der Waals surface area contributed by atoms with Crippen LogP contribution in [0.4, 0.5) is 0 Å². The highest BCUT2D eigenvalue weighted by Crippen LogP contribution is 2.43. The third kappa shape index (κ3) is 30.2. The van der Waals surface area contributed by atoms with Crippen molar-refractivity contribution in [3.8, 4) is 0 Å². The smallest absolute Gasteiger partial charge is 0.457 e. The number of esters is 1. The zero-order chi connectivity index (χ0) is 30.3. The minimum atomic E-state index is -4.26. The van der Waals surface area contributed by atoms with Gasteiger partial charge in [0.2, 0.25) is 0 Å². The number of ether oxygens (including phenoxy) is 2. The summed E-state index contributed by atoms with van der Waals surface area (Å²) in [6.45, 7) is 4.79. The van der Waals surface area contributed by atoms with Gasteiger partial charge in [-0.2, -0.15) is 0 Å². The predicted molar refractivity (Wildman–Crippen MR) is 169 cm³/mol. The first-order valence-corrected chi connectivity index (χ1v) is 17.8. The quantitative estimate of drug-likeness (QED) is 0.0350. The van der Waals surface area contributed by atoms with Gasteiger partial charge in [-0.1, -0.05) is 115 Å². The Labute approximate surface area is 251 Å². The number of rotatable bonds is 31. The standard InChI is InChI=1S/C32H62NO7P/c1-3-5-7-9-11-12-13-14-15-16-17-18-20-22-24-27-37-29-31(30-39-41(35,36)38-28-26-33)40-32(34)25-23-21-19-10-8-6-4-2/h9,11,13-14,31H,3-8,10,12,15-30,33H2,1-2H3,(H,35,36)/b11-9-,14-13-. The summed E-state index contributed by atoms with van der Waals surface area (Å²) in [7, 11) is -4.26. The van der Waals surface area contributed by atoms with Crippen molar-refractivity contribution in [2.75, 3.05) is 33.0 Å². The number of hydrogen-bond donors (Lipinski definition) is 2. The number of nitrogens with two attached hydrogens (primary N) is 1. The van der Waals surface area contributed by atoms with Gasteiger partial charge in [-0.15, -0.1) is 0 Å². The first kappa shape index (κ1) is 40.0. The van der Waals surface area contributed by atoms with E-state index < -0.39 is 13.9 Å². The molecule has 0 radical (unpaired) electrons. The molecule has 0 spiro atoms. The van der Waals surface area contributed by atoms with E-state index >= 15 is 0 Å². The fourth-order valence-corrected chi connectivity index (χ4v) is 4.95. The van der Waals surface area contributed by atoms with Crippen LogP contribution in [0.25, 0.3) is 0 Å². The van der Waals surface area contributed by atoms with Gasteiger partial charge in [-0.25, -0.2) is 4.57 Å². The minimum Gasteiger partial charge on any atom is -0.457 e. The van der Waals surface area contributed by atoms with Crippen molar-refractivity contribution in [2.24, 2.45) is 5.73 Å². The molecule has 0 bridgehead atoms. The van der Waals surface area contributed by atoms with Crippen molar-refractivity contribution >= 4 is 13.8 Å². The highest BCUT2D eigenvalue weighted by Gasteiger charge is 2.25. The van der Waals surface area contributed by atoms with Crippen LogP contribution in [-0.4, -0.2) is 49.9 Å². The average molecular weight is 604 g/mol. The first-order chi connectivity index (χ1) is 19.9. The molecule has 0 amide bonds. The van der Waals surface area contributed by atoms with Crippen LogP contribution >= 0.6 is 7.82 Å². The molecule has 9 heteroatoms. The second kappa shape index (κ2) is 30.4. The monoisotopic (exact) mass is 603 g/mol. The summed E-state index contributed by atoms with van der Waals surface area (Å²) in [5.74, 6) is -0.343. The number of allylic oxidation sites excluding steroid dienone is 4. The lowest BCUT2D eigenvalue weighted by Gasteiger charge is -2.20. The molecule has 0 heterocycles. The molecule has 0 aromatic carbocycles. The van der Waals surface area contributed by atoms with Crippen molar-refractivity contribution in [3.63, 3.8) is 0 Å². The molecule has 242 valence electrons. The Balaban J connectivity index is 4.10. The largest absolute Gasteiger partial charge is 0.472 e. The van der Waals surface area contributed by atoms with Crippen LogP contribution in [-0.2, 0) is 27.9 Å². The van der Waals surface area contributed by atoms with Crippen LogP contribution in [0.5, 0.6) is 0 Å². The SMILES string of the molecule is CCCC/C=C\C/C=C\CCCCCCCCOCC(COP(=O)(O)OCCN)OC(=O)CCCCCCCCC. The van der Waals surface area contributed by atoms with E-state index in [2.05, 4.69) is 38.2 Å². The highest BCUT2D eigenvalue weighted by atomic mass is 31.2. The Bertz CT molecular complexity index is 687. The summed E-state index contributed by atoms with van der Waals surface area (Å²) in [6, 6.07) is 0. The lowest BCUT2D eigenvalue weighted by Crippen LogP contribution is -2.28. The number of phosphoric ester groups is 1. The molecule has 0 saturated carbocycles.